The number of hydrogen-bond donors (Lipinski definition) is 2. The minimum Gasteiger partial charge on any atom is -0.465 e. The first kappa shape index (κ1) is 17.4. The van der Waals surface area contributed by atoms with Gasteiger partial charge in [0, 0.05) is 18.3 Å². The summed E-state index contributed by atoms with van der Waals surface area (Å²) in [6.45, 7) is 2.74. The minimum absolute atomic E-state index is 0.378. The van der Waals surface area contributed by atoms with Crippen molar-refractivity contribution in [3.8, 4) is 0 Å². The van der Waals surface area contributed by atoms with Gasteiger partial charge in [-0.05, 0) is 30.7 Å². The molecular formula is C20H20N4O2. The van der Waals surface area contributed by atoms with E-state index in [1.165, 1.54) is 24.6 Å². The molecule has 0 aliphatic heterocycles. The predicted octanol–water partition coefficient (Wildman–Crippen LogP) is 3.93. The van der Waals surface area contributed by atoms with Crippen molar-refractivity contribution in [2.75, 3.05) is 17.7 Å². The summed E-state index contributed by atoms with van der Waals surface area (Å²) < 4.78 is 4.74. The summed E-state index contributed by atoms with van der Waals surface area (Å²) in [6, 6.07) is 17.2. The molecule has 26 heavy (non-hydrogen) atoms. The second-order valence-electron chi connectivity index (χ2n) is 5.83. The number of nitrogens with zero attached hydrogens (tertiary/aromatic N) is 2. The van der Waals surface area contributed by atoms with Crippen molar-refractivity contribution >= 4 is 23.3 Å². The number of methoxy groups -OCH3 is 1. The molecule has 0 aliphatic carbocycles. The third-order valence-corrected chi connectivity index (χ3v) is 3.78. The van der Waals surface area contributed by atoms with Crippen molar-refractivity contribution in [3.05, 3.63) is 77.6 Å². The van der Waals surface area contributed by atoms with Gasteiger partial charge < -0.3 is 15.4 Å². The van der Waals surface area contributed by atoms with E-state index in [4.69, 9.17) is 4.74 Å². The molecule has 0 atom stereocenters. The smallest absolute Gasteiger partial charge is 0.337 e. The fourth-order valence-electron chi connectivity index (χ4n) is 2.53. The highest BCUT2D eigenvalue weighted by molar-refractivity contribution is 5.90. The van der Waals surface area contributed by atoms with E-state index in [1.807, 2.05) is 18.2 Å². The molecule has 0 unspecified atom stereocenters. The zero-order valence-electron chi connectivity index (χ0n) is 14.7. The summed E-state index contributed by atoms with van der Waals surface area (Å²) in [7, 11) is 1.36. The standard InChI is InChI=1S/C20H20N4O2/c1-14-5-3-6-15(9-14)12-21-18-11-19(23-13-22-18)24-17-8-4-7-16(10-17)20(25)26-2/h3-11,13H,12H2,1-2H3,(H2,21,22,23,24). The average molecular weight is 348 g/mol. The van der Waals surface area contributed by atoms with Gasteiger partial charge in [-0.15, -0.1) is 0 Å². The summed E-state index contributed by atoms with van der Waals surface area (Å²) >= 11 is 0. The largest absolute Gasteiger partial charge is 0.465 e. The van der Waals surface area contributed by atoms with Crippen molar-refractivity contribution in [1.82, 2.24) is 9.97 Å². The molecule has 6 heteroatoms. The molecule has 0 spiro atoms. The van der Waals surface area contributed by atoms with E-state index in [0.29, 0.717) is 23.7 Å². The summed E-state index contributed by atoms with van der Waals surface area (Å²) in [4.78, 5) is 20.1. The third kappa shape index (κ3) is 4.57. The Bertz CT molecular complexity index is 912. The summed E-state index contributed by atoms with van der Waals surface area (Å²) in [5.41, 5.74) is 3.63. The number of aryl methyl sites for hydroxylation is 1. The van der Waals surface area contributed by atoms with Gasteiger partial charge in [-0.25, -0.2) is 14.8 Å². The van der Waals surface area contributed by atoms with Crippen molar-refractivity contribution in [1.29, 1.82) is 0 Å². The normalized spacial score (nSPS) is 10.2. The lowest BCUT2D eigenvalue weighted by atomic mass is 10.1. The quantitative estimate of drug-likeness (QED) is 0.658. The van der Waals surface area contributed by atoms with Crippen molar-refractivity contribution in [2.24, 2.45) is 0 Å². The van der Waals surface area contributed by atoms with Gasteiger partial charge in [0.25, 0.3) is 0 Å². The maximum absolute atomic E-state index is 11.6. The number of aromatic nitrogens is 2. The monoisotopic (exact) mass is 348 g/mol. The zero-order chi connectivity index (χ0) is 18.4. The van der Waals surface area contributed by atoms with E-state index in [-0.39, 0.29) is 5.97 Å². The van der Waals surface area contributed by atoms with Gasteiger partial charge in [-0.2, -0.15) is 0 Å². The number of esters is 1. The first-order valence-corrected chi connectivity index (χ1v) is 8.21. The number of rotatable bonds is 6. The zero-order valence-corrected chi connectivity index (χ0v) is 14.7. The summed E-state index contributed by atoms with van der Waals surface area (Å²) in [5.74, 6) is 0.971. The number of carbonyl (C=O) groups is 1. The molecule has 0 aliphatic rings. The van der Waals surface area contributed by atoms with Crippen molar-refractivity contribution in [3.63, 3.8) is 0 Å². The van der Waals surface area contributed by atoms with Crippen molar-refractivity contribution in [2.45, 2.75) is 13.5 Å². The average Bonchev–Trinajstić information content (AvgIpc) is 2.66. The van der Waals surface area contributed by atoms with E-state index < -0.39 is 0 Å². The topological polar surface area (TPSA) is 76.1 Å². The van der Waals surface area contributed by atoms with Gasteiger partial charge in [0.1, 0.15) is 18.0 Å². The van der Waals surface area contributed by atoms with Crippen LogP contribution in [0, 0.1) is 6.92 Å². The van der Waals surface area contributed by atoms with Crippen LogP contribution in [-0.4, -0.2) is 23.0 Å². The highest BCUT2D eigenvalue weighted by Crippen LogP contribution is 2.18. The lowest BCUT2D eigenvalue weighted by molar-refractivity contribution is 0.0601. The van der Waals surface area contributed by atoms with Crippen LogP contribution >= 0.6 is 0 Å². The number of benzene rings is 2. The van der Waals surface area contributed by atoms with Crippen LogP contribution in [0.5, 0.6) is 0 Å². The number of hydrogen-bond acceptors (Lipinski definition) is 6. The van der Waals surface area contributed by atoms with E-state index in [2.05, 4.69) is 45.7 Å². The van der Waals surface area contributed by atoms with Gasteiger partial charge in [-0.1, -0.05) is 35.9 Å². The summed E-state index contributed by atoms with van der Waals surface area (Å²) in [5, 5.41) is 6.46. The number of ether oxygens (including phenoxy) is 1. The highest BCUT2D eigenvalue weighted by Gasteiger charge is 2.06. The Kier molecular flexibility index (Phi) is 5.43. The lowest BCUT2D eigenvalue weighted by Gasteiger charge is -2.10. The molecule has 1 aromatic heterocycles. The molecule has 132 valence electrons. The molecule has 0 bridgehead atoms. The predicted molar refractivity (Wildman–Crippen MR) is 102 cm³/mol. The van der Waals surface area contributed by atoms with E-state index in [0.717, 1.165) is 5.69 Å². The summed E-state index contributed by atoms with van der Waals surface area (Å²) in [6.07, 6.45) is 1.49. The first-order valence-electron chi connectivity index (χ1n) is 8.21. The van der Waals surface area contributed by atoms with E-state index >= 15 is 0 Å². The molecule has 0 radical (unpaired) electrons. The molecule has 1 heterocycles. The number of anilines is 3. The molecule has 3 aromatic rings. The van der Waals surface area contributed by atoms with Crippen LogP contribution < -0.4 is 10.6 Å². The maximum atomic E-state index is 11.6. The van der Waals surface area contributed by atoms with Crippen LogP contribution in [-0.2, 0) is 11.3 Å². The maximum Gasteiger partial charge on any atom is 0.337 e. The Hall–Kier alpha value is -3.41. The Balaban J connectivity index is 1.68. The molecule has 0 amide bonds. The van der Waals surface area contributed by atoms with Crippen molar-refractivity contribution < 1.29 is 9.53 Å². The van der Waals surface area contributed by atoms with E-state index in [9.17, 15) is 4.79 Å². The minimum atomic E-state index is -0.378. The molecule has 0 fully saturated rings. The Morgan fingerprint density at radius 3 is 2.65 bits per heavy atom. The van der Waals surface area contributed by atoms with Crippen LogP contribution in [0.2, 0.25) is 0 Å². The second kappa shape index (κ2) is 8.11. The van der Waals surface area contributed by atoms with Crippen LogP contribution in [0.15, 0.2) is 60.9 Å². The second-order valence-corrected chi connectivity index (χ2v) is 5.83. The van der Waals surface area contributed by atoms with Gasteiger partial charge in [0.05, 0.1) is 12.7 Å². The molecule has 0 saturated heterocycles. The molecular weight excluding hydrogens is 328 g/mol. The molecule has 0 saturated carbocycles. The Morgan fingerprint density at radius 1 is 1.04 bits per heavy atom. The highest BCUT2D eigenvalue weighted by atomic mass is 16.5. The lowest BCUT2D eigenvalue weighted by Crippen LogP contribution is -2.04. The van der Waals surface area contributed by atoms with Crippen LogP contribution in [0.25, 0.3) is 0 Å². The fourth-order valence-corrected chi connectivity index (χ4v) is 2.53. The van der Waals surface area contributed by atoms with Gasteiger partial charge in [-0.3, -0.25) is 0 Å². The van der Waals surface area contributed by atoms with Gasteiger partial charge in [0.15, 0.2) is 0 Å². The fraction of sp³-hybridized carbons (Fsp3) is 0.150. The Labute approximate surface area is 152 Å². The van der Waals surface area contributed by atoms with Gasteiger partial charge in [0.2, 0.25) is 0 Å². The number of carbonyl (C=O) groups excluding carboxylic acids is 1. The van der Waals surface area contributed by atoms with Crippen LogP contribution in [0.1, 0.15) is 21.5 Å². The molecule has 3 rings (SSSR count). The van der Waals surface area contributed by atoms with Crippen LogP contribution in [0.3, 0.4) is 0 Å². The SMILES string of the molecule is COC(=O)c1cccc(Nc2cc(NCc3cccc(C)c3)ncn2)c1. The third-order valence-electron chi connectivity index (χ3n) is 3.78. The number of nitrogens with one attached hydrogen (secondary N) is 2. The van der Waals surface area contributed by atoms with Gasteiger partial charge >= 0.3 is 5.97 Å². The molecule has 2 aromatic carbocycles. The molecule has 2 N–H and O–H groups in total. The first-order chi connectivity index (χ1) is 12.6. The Morgan fingerprint density at radius 2 is 1.85 bits per heavy atom. The van der Waals surface area contributed by atoms with E-state index in [1.54, 1.807) is 18.2 Å². The van der Waals surface area contributed by atoms with Crippen LogP contribution in [0.4, 0.5) is 17.3 Å². The molecule has 6 nitrogen and oxygen atoms in total.